The average Bonchev–Trinajstić information content (AvgIpc) is 2.94. The number of halogens is 1. The number of carbonyl (C=O) groups excluding carboxylic acids is 3. The van der Waals surface area contributed by atoms with E-state index < -0.39 is 24.5 Å². The molecular formula is C20H16ClN2O6-. The molecule has 1 aliphatic heterocycles. The lowest BCUT2D eigenvalue weighted by Crippen LogP contribution is -2.30. The minimum Gasteiger partial charge on any atom is -0.546 e. The minimum atomic E-state index is -1.36. The predicted octanol–water partition coefficient (Wildman–Crippen LogP) is 1.96. The van der Waals surface area contributed by atoms with Crippen molar-refractivity contribution < 1.29 is 29.0 Å². The predicted molar refractivity (Wildman–Crippen MR) is 104 cm³/mol. The van der Waals surface area contributed by atoms with Gasteiger partial charge in [-0.1, -0.05) is 23.7 Å². The van der Waals surface area contributed by atoms with E-state index in [1.54, 1.807) is 37.3 Å². The van der Waals surface area contributed by atoms with E-state index in [1.807, 2.05) is 0 Å². The van der Waals surface area contributed by atoms with Crippen molar-refractivity contribution >= 4 is 41.3 Å². The van der Waals surface area contributed by atoms with Crippen LogP contribution < -0.4 is 24.8 Å². The number of carbonyl (C=O) groups is 3. The minimum absolute atomic E-state index is 0.0702. The van der Waals surface area contributed by atoms with E-state index in [4.69, 9.17) is 21.1 Å². The number of anilines is 1. The third kappa shape index (κ3) is 4.67. The Bertz CT molecular complexity index is 1000. The van der Waals surface area contributed by atoms with E-state index in [-0.39, 0.29) is 11.4 Å². The first-order valence-electron chi connectivity index (χ1n) is 8.61. The zero-order chi connectivity index (χ0) is 21.0. The number of hydrogen-bond acceptors (Lipinski definition) is 6. The molecule has 1 aliphatic rings. The molecule has 2 aromatic rings. The van der Waals surface area contributed by atoms with E-state index in [0.717, 1.165) is 4.90 Å². The van der Waals surface area contributed by atoms with E-state index in [9.17, 15) is 19.5 Å². The molecule has 1 fully saturated rings. The topological polar surface area (TPSA) is 108 Å². The summed E-state index contributed by atoms with van der Waals surface area (Å²) in [6, 6.07) is 10.5. The van der Waals surface area contributed by atoms with Crippen molar-refractivity contribution in [3.8, 4) is 11.5 Å². The van der Waals surface area contributed by atoms with Gasteiger partial charge >= 0.3 is 6.03 Å². The fraction of sp³-hybridized carbons (Fsp3) is 0.150. The highest BCUT2D eigenvalue weighted by Gasteiger charge is 2.34. The summed E-state index contributed by atoms with van der Waals surface area (Å²) in [5.41, 5.74) is 0.969. The van der Waals surface area contributed by atoms with Crippen LogP contribution in [0.15, 0.2) is 48.2 Å². The van der Waals surface area contributed by atoms with Crippen molar-refractivity contribution in [3.05, 3.63) is 58.7 Å². The molecule has 1 saturated heterocycles. The second-order valence-corrected chi connectivity index (χ2v) is 6.34. The number of nitrogens with zero attached hydrogens (tertiary/aromatic N) is 1. The number of imide groups is 1. The largest absolute Gasteiger partial charge is 0.546 e. The molecule has 1 N–H and O–H groups in total. The molecule has 0 spiro atoms. The number of urea groups is 1. The highest BCUT2D eigenvalue weighted by Crippen LogP contribution is 2.30. The van der Waals surface area contributed by atoms with Gasteiger partial charge in [0.1, 0.15) is 12.3 Å². The lowest BCUT2D eigenvalue weighted by molar-refractivity contribution is -0.307. The maximum absolute atomic E-state index is 12.7. The third-order valence-corrected chi connectivity index (χ3v) is 4.10. The monoisotopic (exact) mass is 415 g/mol. The molecule has 2 aromatic carbocycles. The molecule has 0 saturated carbocycles. The van der Waals surface area contributed by atoms with Crippen LogP contribution in [0.25, 0.3) is 6.08 Å². The number of aliphatic carboxylic acids is 1. The molecule has 0 atom stereocenters. The molecule has 1 heterocycles. The number of ether oxygens (including phenoxy) is 2. The highest BCUT2D eigenvalue weighted by atomic mass is 35.5. The Hall–Kier alpha value is -3.52. The molecule has 3 amide bonds. The summed E-state index contributed by atoms with van der Waals surface area (Å²) in [5.74, 6) is -1.38. The van der Waals surface area contributed by atoms with Gasteiger partial charge in [-0.2, -0.15) is 0 Å². The molecular weight excluding hydrogens is 400 g/mol. The Labute approximate surface area is 171 Å². The van der Waals surface area contributed by atoms with Crippen LogP contribution in [0.5, 0.6) is 11.5 Å². The lowest BCUT2D eigenvalue weighted by Gasteiger charge is -2.13. The third-order valence-electron chi connectivity index (χ3n) is 3.87. The summed E-state index contributed by atoms with van der Waals surface area (Å²) in [5, 5.41) is 13.5. The van der Waals surface area contributed by atoms with E-state index in [1.165, 1.54) is 18.2 Å². The van der Waals surface area contributed by atoms with Gasteiger partial charge in [-0.15, -0.1) is 0 Å². The number of carboxylic acid groups (broad SMARTS) is 1. The summed E-state index contributed by atoms with van der Waals surface area (Å²) in [6.07, 6.45) is 1.48. The van der Waals surface area contributed by atoms with Gasteiger partial charge < -0.3 is 24.7 Å². The maximum atomic E-state index is 12.7. The molecule has 8 nitrogen and oxygen atoms in total. The van der Waals surface area contributed by atoms with Crippen molar-refractivity contribution in [2.24, 2.45) is 0 Å². The summed E-state index contributed by atoms with van der Waals surface area (Å²) < 4.78 is 10.6. The van der Waals surface area contributed by atoms with Gasteiger partial charge in [-0.25, -0.2) is 9.69 Å². The quantitative estimate of drug-likeness (QED) is 0.547. The molecule has 9 heteroatoms. The van der Waals surface area contributed by atoms with Crippen LogP contribution in [0.4, 0.5) is 10.5 Å². The lowest BCUT2D eigenvalue weighted by atomic mass is 10.1. The van der Waals surface area contributed by atoms with E-state index in [0.29, 0.717) is 28.6 Å². The zero-order valence-electron chi connectivity index (χ0n) is 15.3. The first-order valence-corrected chi connectivity index (χ1v) is 8.99. The van der Waals surface area contributed by atoms with Gasteiger partial charge in [0.2, 0.25) is 0 Å². The summed E-state index contributed by atoms with van der Waals surface area (Å²) in [4.78, 5) is 36.5. The van der Waals surface area contributed by atoms with Gasteiger partial charge in [0, 0.05) is 5.02 Å². The van der Waals surface area contributed by atoms with Crippen molar-refractivity contribution in [2.45, 2.75) is 6.92 Å². The second kappa shape index (κ2) is 8.66. The highest BCUT2D eigenvalue weighted by molar-refractivity contribution is 6.32. The standard InChI is InChI=1S/C20H17ClN2O6/c1-2-28-17-9-12(6-7-16(17)29-11-18(24)25)8-15-19(26)23(20(27)22-15)14-5-3-4-13(21)10-14/h3-10H,2,11H2,1H3,(H,22,27)(H,24,25)/p-1. The van der Waals surface area contributed by atoms with Crippen molar-refractivity contribution in [1.82, 2.24) is 5.32 Å². The molecule has 0 aliphatic carbocycles. The van der Waals surface area contributed by atoms with Crippen LogP contribution in [0.2, 0.25) is 5.02 Å². The van der Waals surface area contributed by atoms with Crippen molar-refractivity contribution in [2.75, 3.05) is 18.1 Å². The summed E-state index contributed by atoms with van der Waals surface area (Å²) >= 11 is 5.94. The van der Waals surface area contributed by atoms with Gasteiger partial charge in [0.25, 0.3) is 5.91 Å². The van der Waals surface area contributed by atoms with E-state index in [2.05, 4.69) is 5.32 Å². The fourth-order valence-electron chi connectivity index (χ4n) is 2.69. The second-order valence-electron chi connectivity index (χ2n) is 5.91. The average molecular weight is 416 g/mol. The number of hydrogen-bond donors (Lipinski definition) is 1. The number of carboxylic acids is 1. The number of rotatable bonds is 7. The van der Waals surface area contributed by atoms with Gasteiger partial charge in [-0.3, -0.25) is 4.79 Å². The van der Waals surface area contributed by atoms with Crippen LogP contribution in [-0.2, 0) is 9.59 Å². The van der Waals surface area contributed by atoms with Crippen LogP contribution in [0.3, 0.4) is 0 Å². The Morgan fingerprint density at radius 2 is 1.97 bits per heavy atom. The molecule has 0 bridgehead atoms. The Morgan fingerprint density at radius 3 is 2.66 bits per heavy atom. The molecule has 0 unspecified atom stereocenters. The normalized spacial score (nSPS) is 14.8. The van der Waals surface area contributed by atoms with Crippen LogP contribution in [0, 0.1) is 0 Å². The molecule has 29 heavy (non-hydrogen) atoms. The maximum Gasteiger partial charge on any atom is 0.333 e. The molecule has 3 rings (SSSR count). The van der Waals surface area contributed by atoms with Crippen LogP contribution >= 0.6 is 11.6 Å². The Morgan fingerprint density at radius 1 is 1.17 bits per heavy atom. The van der Waals surface area contributed by atoms with E-state index >= 15 is 0 Å². The first-order chi connectivity index (χ1) is 13.9. The SMILES string of the molecule is CCOc1cc(C=C2NC(=O)N(c3cccc(Cl)c3)C2=O)ccc1OCC(=O)[O-]. The van der Waals surface area contributed by atoms with Crippen LogP contribution in [-0.4, -0.2) is 31.1 Å². The van der Waals surface area contributed by atoms with Crippen molar-refractivity contribution in [3.63, 3.8) is 0 Å². The molecule has 0 radical (unpaired) electrons. The van der Waals surface area contributed by atoms with Gasteiger partial charge in [-0.05, 0) is 48.9 Å². The smallest absolute Gasteiger partial charge is 0.333 e. The molecule has 150 valence electrons. The number of benzene rings is 2. The van der Waals surface area contributed by atoms with Gasteiger partial charge in [0.15, 0.2) is 11.5 Å². The van der Waals surface area contributed by atoms with Crippen molar-refractivity contribution in [1.29, 1.82) is 0 Å². The molecule has 0 aromatic heterocycles. The fourth-order valence-corrected chi connectivity index (χ4v) is 2.87. The summed E-state index contributed by atoms with van der Waals surface area (Å²) in [7, 11) is 0. The first kappa shape index (κ1) is 20.2. The zero-order valence-corrected chi connectivity index (χ0v) is 16.1. The van der Waals surface area contributed by atoms with Crippen LogP contribution in [0.1, 0.15) is 12.5 Å². The summed E-state index contributed by atoms with van der Waals surface area (Å²) in [6.45, 7) is 1.46. The number of nitrogens with one attached hydrogen (secondary N) is 1. The number of amides is 3. The Balaban J connectivity index is 1.87. The van der Waals surface area contributed by atoms with Gasteiger partial charge in [0.05, 0.1) is 18.3 Å². The Kier molecular flexibility index (Phi) is 6.04.